The van der Waals surface area contributed by atoms with Crippen molar-refractivity contribution in [2.24, 2.45) is 0 Å². The van der Waals surface area contributed by atoms with Gasteiger partial charge in [0.1, 0.15) is 13.1 Å². The molecular formula is C20H24ClN2O2S+. The van der Waals surface area contributed by atoms with Crippen LogP contribution in [-0.4, -0.2) is 45.3 Å². The van der Waals surface area contributed by atoms with Crippen LogP contribution >= 0.6 is 23.4 Å². The largest absolute Gasteiger partial charge is 0.370 e. The van der Waals surface area contributed by atoms with E-state index in [1.54, 1.807) is 11.8 Å². The molecule has 1 amide bonds. The quantitative estimate of drug-likeness (QED) is 0.711. The number of amides is 1. The molecule has 1 aliphatic rings. The summed E-state index contributed by atoms with van der Waals surface area (Å²) in [6, 6.07) is 15.7. The number of hydrogen-bond acceptors (Lipinski definition) is 3. The van der Waals surface area contributed by atoms with Crippen LogP contribution in [-0.2, 0) is 10.5 Å². The van der Waals surface area contributed by atoms with Crippen molar-refractivity contribution in [3.05, 3.63) is 64.7 Å². The van der Waals surface area contributed by atoms with Crippen LogP contribution in [0, 0.1) is 0 Å². The molecule has 2 aromatic rings. The van der Waals surface area contributed by atoms with Crippen LogP contribution in [0.15, 0.2) is 53.4 Å². The van der Waals surface area contributed by atoms with Crippen molar-refractivity contribution in [1.29, 1.82) is 0 Å². The second kappa shape index (κ2) is 9.97. The molecule has 138 valence electrons. The Kier molecular flexibility index (Phi) is 7.38. The van der Waals surface area contributed by atoms with Gasteiger partial charge < -0.3 is 15.0 Å². The summed E-state index contributed by atoms with van der Waals surface area (Å²) in [6.45, 7) is 5.33. The number of morpholine rings is 1. The van der Waals surface area contributed by atoms with Gasteiger partial charge in [-0.2, -0.15) is 0 Å². The zero-order valence-electron chi connectivity index (χ0n) is 14.7. The monoisotopic (exact) mass is 391 g/mol. The molecule has 1 aliphatic heterocycles. The molecule has 1 saturated heterocycles. The van der Waals surface area contributed by atoms with Crippen LogP contribution < -0.4 is 10.2 Å². The van der Waals surface area contributed by atoms with Crippen molar-refractivity contribution >= 4 is 29.3 Å². The molecule has 0 atom stereocenters. The Bertz CT molecular complexity index is 701. The van der Waals surface area contributed by atoms with Gasteiger partial charge in [-0.1, -0.05) is 23.7 Å². The van der Waals surface area contributed by atoms with Crippen molar-refractivity contribution < 1.29 is 14.4 Å². The van der Waals surface area contributed by atoms with Crippen molar-refractivity contribution in [3.63, 3.8) is 0 Å². The maximum absolute atomic E-state index is 12.2. The molecule has 0 bridgehead atoms. The summed E-state index contributed by atoms with van der Waals surface area (Å²) in [5.41, 5.74) is 1.90. The predicted octanol–water partition coefficient (Wildman–Crippen LogP) is 2.28. The van der Waals surface area contributed by atoms with Gasteiger partial charge >= 0.3 is 0 Å². The number of nitrogens with one attached hydrogen (secondary N) is 2. The molecule has 1 heterocycles. The number of benzene rings is 2. The van der Waals surface area contributed by atoms with Crippen molar-refractivity contribution in [2.75, 3.05) is 39.4 Å². The number of carbonyl (C=O) groups excluding carboxylic acids is 1. The Morgan fingerprint density at radius 2 is 1.77 bits per heavy atom. The molecule has 0 radical (unpaired) electrons. The molecule has 0 spiro atoms. The van der Waals surface area contributed by atoms with Crippen molar-refractivity contribution in [2.45, 2.75) is 10.6 Å². The van der Waals surface area contributed by atoms with E-state index in [4.69, 9.17) is 16.3 Å². The molecule has 0 aliphatic carbocycles. The second-order valence-electron chi connectivity index (χ2n) is 6.31. The van der Waals surface area contributed by atoms with Crippen LogP contribution in [0.4, 0.5) is 0 Å². The summed E-state index contributed by atoms with van der Waals surface area (Å²) < 4.78 is 5.35. The fourth-order valence-electron chi connectivity index (χ4n) is 2.81. The predicted molar refractivity (Wildman–Crippen MR) is 106 cm³/mol. The average molecular weight is 392 g/mol. The topological polar surface area (TPSA) is 42.8 Å². The van der Waals surface area contributed by atoms with Gasteiger partial charge in [0.2, 0.25) is 0 Å². The van der Waals surface area contributed by atoms with Gasteiger partial charge in [0.15, 0.2) is 0 Å². The maximum atomic E-state index is 12.2. The zero-order chi connectivity index (χ0) is 18.2. The molecule has 0 saturated carbocycles. The molecule has 4 nitrogen and oxygen atoms in total. The standard InChI is InChI=1S/C20H23ClN2O2S/c21-18-5-7-19(8-6-18)26-15-16-1-3-17(4-2-16)20(24)22-9-10-23-11-13-25-14-12-23/h1-8H,9-15H2,(H,22,24)/p+1. The van der Waals surface area contributed by atoms with E-state index in [0.717, 1.165) is 43.6 Å². The highest BCUT2D eigenvalue weighted by atomic mass is 35.5. The van der Waals surface area contributed by atoms with Gasteiger partial charge in [-0.3, -0.25) is 4.79 Å². The number of thioether (sulfide) groups is 1. The number of ether oxygens (including phenoxy) is 1. The van der Waals surface area contributed by atoms with E-state index < -0.39 is 0 Å². The van der Waals surface area contributed by atoms with Gasteiger partial charge in [0, 0.05) is 21.2 Å². The van der Waals surface area contributed by atoms with E-state index in [-0.39, 0.29) is 5.91 Å². The molecular weight excluding hydrogens is 368 g/mol. The number of halogens is 1. The third kappa shape index (κ3) is 6.02. The minimum atomic E-state index is -0.00503. The molecule has 6 heteroatoms. The lowest BCUT2D eigenvalue weighted by molar-refractivity contribution is -0.906. The summed E-state index contributed by atoms with van der Waals surface area (Å²) in [7, 11) is 0. The summed E-state index contributed by atoms with van der Waals surface area (Å²) in [5.74, 6) is 0.860. The van der Waals surface area contributed by atoms with E-state index in [0.29, 0.717) is 12.1 Å². The SMILES string of the molecule is O=C(NCC[NH+]1CCOCC1)c1ccc(CSc2ccc(Cl)cc2)cc1. The van der Waals surface area contributed by atoms with E-state index in [1.807, 2.05) is 48.5 Å². The first kappa shape index (κ1) is 19.2. The number of carbonyl (C=O) groups is 1. The Labute approximate surface area is 163 Å². The van der Waals surface area contributed by atoms with Crippen LogP contribution in [0.1, 0.15) is 15.9 Å². The Morgan fingerprint density at radius 3 is 2.46 bits per heavy atom. The minimum Gasteiger partial charge on any atom is -0.370 e. The summed E-state index contributed by atoms with van der Waals surface area (Å²) in [4.78, 5) is 14.9. The third-order valence-corrected chi connectivity index (χ3v) is 5.73. The first-order chi connectivity index (χ1) is 12.7. The van der Waals surface area contributed by atoms with E-state index in [2.05, 4.69) is 5.32 Å². The Morgan fingerprint density at radius 1 is 1.08 bits per heavy atom. The minimum absolute atomic E-state index is 0.00503. The molecule has 2 N–H and O–H groups in total. The van der Waals surface area contributed by atoms with E-state index >= 15 is 0 Å². The van der Waals surface area contributed by atoms with Gasteiger partial charge in [0.25, 0.3) is 5.91 Å². The third-order valence-electron chi connectivity index (χ3n) is 4.40. The van der Waals surface area contributed by atoms with Crippen LogP contribution in [0.2, 0.25) is 5.02 Å². The van der Waals surface area contributed by atoms with Crippen LogP contribution in [0.5, 0.6) is 0 Å². The summed E-state index contributed by atoms with van der Waals surface area (Å²) in [6.07, 6.45) is 0. The highest BCUT2D eigenvalue weighted by Crippen LogP contribution is 2.24. The summed E-state index contributed by atoms with van der Waals surface area (Å²) >= 11 is 7.66. The maximum Gasteiger partial charge on any atom is 0.251 e. The second-order valence-corrected chi connectivity index (χ2v) is 7.79. The highest BCUT2D eigenvalue weighted by Gasteiger charge is 2.13. The number of rotatable bonds is 7. The molecule has 0 aromatic heterocycles. The molecule has 2 aromatic carbocycles. The van der Waals surface area contributed by atoms with E-state index in [9.17, 15) is 4.79 Å². The first-order valence-electron chi connectivity index (χ1n) is 8.87. The fourth-order valence-corrected chi connectivity index (χ4v) is 3.80. The number of hydrogen-bond donors (Lipinski definition) is 2. The zero-order valence-corrected chi connectivity index (χ0v) is 16.2. The van der Waals surface area contributed by atoms with Gasteiger partial charge in [-0.05, 0) is 42.0 Å². The van der Waals surface area contributed by atoms with Gasteiger partial charge in [0.05, 0.1) is 26.3 Å². The first-order valence-corrected chi connectivity index (χ1v) is 10.2. The summed E-state index contributed by atoms with van der Waals surface area (Å²) in [5, 5.41) is 3.76. The van der Waals surface area contributed by atoms with Crippen molar-refractivity contribution in [1.82, 2.24) is 5.32 Å². The number of quaternary nitrogens is 1. The van der Waals surface area contributed by atoms with Crippen molar-refractivity contribution in [3.8, 4) is 0 Å². The molecule has 0 unspecified atom stereocenters. The highest BCUT2D eigenvalue weighted by molar-refractivity contribution is 7.98. The lowest BCUT2D eigenvalue weighted by atomic mass is 10.1. The van der Waals surface area contributed by atoms with Gasteiger partial charge in [-0.25, -0.2) is 0 Å². The lowest BCUT2D eigenvalue weighted by Crippen LogP contribution is -3.14. The normalized spacial score (nSPS) is 15.0. The Hall–Kier alpha value is -1.53. The smallest absolute Gasteiger partial charge is 0.251 e. The lowest BCUT2D eigenvalue weighted by Gasteiger charge is -2.23. The molecule has 3 rings (SSSR count). The fraction of sp³-hybridized carbons (Fsp3) is 0.350. The molecule has 26 heavy (non-hydrogen) atoms. The average Bonchev–Trinajstić information content (AvgIpc) is 2.69. The Balaban J connectivity index is 1.42. The van der Waals surface area contributed by atoms with Crippen LogP contribution in [0.3, 0.4) is 0 Å². The van der Waals surface area contributed by atoms with Gasteiger partial charge in [-0.15, -0.1) is 11.8 Å². The molecule has 1 fully saturated rings. The van der Waals surface area contributed by atoms with E-state index in [1.165, 1.54) is 15.4 Å². The van der Waals surface area contributed by atoms with Crippen LogP contribution in [0.25, 0.3) is 0 Å².